The van der Waals surface area contributed by atoms with Crippen molar-refractivity contribution in [2.24, 2.45) is 0 Å². The number of hydrogen-bond donors (Lipinski definition) is 1. The van der Waals surface area contributed by atoms with Crippen molar-refractivity contribution in [2.45, 2.75) is 63.5 Å². The lowest BCUT2D eigenvalue weighted by molar-refractivity contribution is -0.140. The fourth-order valence-electron chi connectivity index (χ4n) is 4.01. The van der Waals surface area contributed by atoms with E-state index in [1.54, 1.807) is 11.8 Å². The number of benzene rings is 2. The second kappa shape index (κ2) is 11.4. The molecule has 0 saturated heterocycles. The minimum Gasteiger partial charge on any atom is -0.469 e. The highest BCUT2D eigenvalue weighted by Crippen LogP contribution is 2.40. The lowest BCUT2D eigenvalue weighted by Gasteiger charge is -2.20. The number of thioether (sulfide) groups is 1. The Labute approximate surface area is 217 Å². The van der Waals surface area contributed by atoms with Gasteiger partial charge in [0.05, 0.1) is 18.4 Å². The SMILES string of the molecule is COC(=O)CCNC(=O)c1ccc([C@@H](C)Sc2cc(C)c(-c3ccc(C(C)(C)C)cc3)c(C)c2)s1. The zero-order valence-corrected chi connectivity index (χ0v) is 23.3. The van der Waals surface area contributed by atoms with Gasteiger partial charge in [-0.05, 0) is 78.3 Å². The van der Waals surface area contributed by atoms with E-state index in [-0.39, 0.29) is 35.5 Å². The average Bonchev–Trinajstić information content (AvgIpc) is 3.29. The van der Waals surface area contributed by atoms with Crippen LogP contribution in [0, 0.1) is 13.8 Å². The average molecular weight is 510 g/mol. The third-order valence-electron chi connectivity index (χ3n) is 5.95. The molecular formula is C29H35NO3S2. The van der Waals surface area contributed by atoms with Gasteiger partial charge in [0.15, 0.2) is 0 Å². The molecule has 0 fully saturated rings. The molecule has 3 rings (SSSR count). The Bertz CT molecular complexity index is 1170. The number of ether oxygens (including phenoxy) is 1. The summed E-state index contributed by atoms with van der Waals surface area (Å²) in [7, 11) is 1.34. The van der Waals surface area contributed by atoms with E-state index in [2.05, 4.69) is 88.0 Å². The molecular weight excluding hydrogens is 474 g/mol. The largest absolute Gasteiger partial charge is 0.469 e. The number of carbonyl (C=O) groups excluding carboxylic acids is 2. The molecule has 0 bridgehead atoms. The predicted octanol–water partition coefficient (Wildman–Crippen LogP) is 7.48. The first kappa shape index (κ1) is 27.0. The van der Waals surface area contributed by atoms with Gasteiger partial charge in [0.25, 0.3) is 5.91 Å². The van der Waals surface area contributed by atoms with E-state index in [1.807, 2.05) is 12.1 Å². The molecule has 4 nitrogen and oxygen atoms in total. The first-order valence-electron chi connectivity index (χ1n) is 11.8. The minimum atomic E-state index is -0.333. The van der Waals surface area contributed by atoms with E-state index in [4.69, 9.17) is 0 Å². The van der Waals surface area contributed by atoms with Gasteiger partial charge in [0, 0.05) is 21.6 Å². The van der Waals surface area contributed by atoms with Gasteiger partial charge in [-0.15, -0.1) is 23.1 Å². The van der Waals surface area contributed by atoms with Crippen molar-refractivity contribution in [1.82, 2.24) is 5.32 Å². The number of hydrogen-bond acceptors (Lipinski definition) is 5. The molecule has 0 spiro atoms. The molecule has 0 aliphatic carbocycles. The summed E-state index contributed by atoms with van der Waals surface area (Å²) in [4.78, 5) is 26.6. The van der Waals surface area contributed by atoms with Gasteiger partial charge in [-0.25, -0.2) is 0 Å². The van der Waals surface area contributed by atoms with Crippen LogP contribution < -0.4 is 5.32 Å². The summed E-state index contributed by atoms with van der Waals surface area (Å²) in [6.07, 6.45) is 0.169. The van der Waals surface area contributed by atoms with Gasteiger partial charge in [-0.3, -0.25) is 9.59 Å². The molecule has 1 amide bonds. The fraction of sp³-hybridized carbons (Fsp3) is 0.379. The molecule has 2 aromatic carbocycles. The Balaban J connectivity index is 1.69. The minimum absolute atomic E-state index is 0.143. The molecule has 0 unspecified atom stereocenters. The molecule has 0 radical (unpaired) electrons. The molecule has 1 N–H and O–H groups in total. The normalized spacial score (nSPS) is 12.3. The van der Waals surface area contributed by atoms with Crippen molar-refractivity contribution in [1.29, 1.82) is 0 Å². The molecule has 35 heavy (non-hydrogen) atoms. The van der Waals surface area contributed by atoms with Crippen molar-refractivity contribution >= 4 is 35.0 Å². The predicted molar refractivity (Wildman–Crippen MR) is 148 cm³/mol. The van der Waals surface area contributed by atoms with Crippen LogP contribution in [-0.4, -0.2) is 25.5 Å². The number of amides is 1. The van der Waals surface area contributed by atoms with Gasteiger partial charge in [-0.2, -0.15) is 0 Å². The van der Waals surface area contributed by atoms with E-state index < -0.39 is 0 Å². The van der Waals surface area contributed by atoms with Crippen LogP contribution in [0.3, 0.4) is 0 Å². The third kappa shape index (κ3) is 6.98. The zero-order valence-electron chi connectivity index (χ0n) is 21.7. The highest BCUT2D eigenvalue weighted by Gasteiger charge is 2.17. The number of nitrogens with one attached hydrogen (secondary N) is 1. The topological polar surface area (TPSA) is 55.4 Å². The summed E-state index contributed by atoms with van der Waals surface area (Å²) >= 11 is 3.30. The maximum absolute atomic E-state index is 12.4. The quantitative estimate of drug-likeness (QED) is 0.253. The summed E-state index contributed by atoms with van der Waals surface area (Å²) in [5.41, 5.74) is 6.55. The van der Waals surface area contributed by atoms with Crippen LogP contribution in [0.2, 0.25) is 0 Å². The maximum Gasteiger partial charge on any atom is 0.307 e. The van der Waals surface area contributed by atoms with Crippen LogP contribution in [0.25, 0.3) is 11.1 Å². The Kier molecular flexibility index (Phi) is 8.84. The smallest absolute Gasteiger partial charge is 0.307 e. The molecule has 3 aromatic rings. The summed E-state index contributed by atoms with van der Waals surface area (Å²) in [6.45, 7) is 13.5. The number of rotatable bonds is 8. The summed E-state index contributed by atoms with van der Waals surface area (Å²) in [6, 6.07) is 17.3. The van der Waals surface area contributed by atoms with Crippen LogP contribution in [0.1, 0.15) is 70.6 Å². The monoisotopic (exact) mass is 509 g/mol. The molecule has 1 heterocycles. The van der Waals surface area contributed by atoms with Gasteiger partial charge in [0.1, 0.15) is 0 Å². The van der Waals surface area contributed by atoms with Gasteiger partial charge < -0.3 is 10.1 Å². The molecule has 1 atom stereocenters. The van der Waals surface area contributed by atoms with E-state index in [9.17, 15) is 9.59 Å². The van der Waals surface area contributed by atoms with Gasteiger partial charge >= 0.3 is 5.97 Å². The first-order chi connectivity index (χ1) is 16.5. The second-order valence-corrected chi connectivity index (χ2v) is 12.3. The second-order valence-electron chi connectivity index (χ2n) is 9.80. The lowest BCUT2D eigenvalue weighted by Crippen LogP contribution is -2.25. The zero-order chi connectivity index (χ0) is 25.8. The van der Waals surface area contributed by atoms with E-state index >= 15 is 0 Å². The molecule has 186 valence electrons. The van der Waals surface area contributed by atoms with E-state index in [0.29, 0.717) is 4.88 Å². The van der Waals surface area contributed by atoms with Crippen molar-refractivity contribution in [3.05, 3.63) is 75.0 Å². The van der Waals surface area contributed by atoms with Crippen molar-refractivity contribution < 1.29 is 14.3 Å². The van der Waals surface area contributed by atoms with Crippen LogP contribution in [0.15, 0.2) is 53.4 Å². The number of esters is 1. The number of carbonyl (C=O) groups is 2. The number of aryl methyl sites for hydroxylation is 2. The summed E-state index contributed by atoms with van der Waals surface area (Å²) in [5.74, 6) is -0.489. The van der Waals surface area contributed by atoms with Gasteiger partial charge in [-0.1, -0.05) is 45.0 Å². The fourth-order valence-corrected chi connectivity index (χ4v) is 6.25. The highest BCUT2D eigenvalue weighted by atomic mass is 32.2. The number of thiophene rings is 1. The highest BCUT2D eigenvalue weighted by molar-refractivity contribution is 7.99. The number of methoxy groups -OCH3 is 1. The maximum atomic E-state index is 12.4. The van der Waals surface area contributed by atoms with Crippen LogP contribution >= 0.6 is 23.1 Å². The summed E-state index contributed by atoms with van der Waals surface area (Å²) in [5, 5.41) is 2.99. The van der Waals surface area contributed by atoms with Crippen molar-refractivity contribution in [3.8, 4) is 11.1 Å². The Morgan fingerprint density at radius 1 is 1.03 bits per heavy atom. The molecule has 1 aromatic heterocycles. The molecule has 0 saturated carbocycles. The molecule has 0 aliphatic heterocycles. The Morgan fingerprint density at radius 2 is 1.66 bits per heavy atom. The van der Waals surface area contributed by atoms with Crippen LogP contribution in [-0.2, 0) is 14.9 Å². The van der Waals surface area contributed by atoms with Crippen LogP contribution in [0.4, 0.5) is 0 Å². The van der Waals surface area contributed by atoms with Gasteiger partial charge in [0.2, 0.25) is 0 Å². The molecule has 6 heteroatoms. The van der Waals surface area contributed by atoms with Crippen molar-refractivity contribution in [2.75, 3.05) is 13.7 Å². The Hall–Kier alpha value is -2.57. The van der Waals surface area contributed by atoms with E-state index in [0.717, 1.165) is 4.88 Å². The standard InChI is InChI=1S/C29H35NO3S2/c1-18-16-23(17-19(2)27(18)21-8-10-22(11-9-21)29(4,5)6)34-20(3)24-12-13-25(35-24)28(32)30-15-14-26(31)33-7/h8-13,16-17,20H,14-15H2,1-7H3,(H,30,32)/t20-/m1/s1. The third-order valence-corrected chi connectivity index (χ3v) is 8.48. The van der Waals surface area contributed by atoms with E-state index in [1.165, 1.54) is 51.2 Å². The Morgan fingerprint density at radius 3 is 2.23 bits per heavy atom. The lowest BCUT2D eigenvalue weighted by atomic mass is 9.85. The van der Waals surface area contributed by atoms with Crippen molar-refractivity contribution in [3.63, 3.8) is 0 Å². The first-order valence-corrected chi connectivity index (χ1v) is 13.5. The summed E-state index contributed by atoms with van der Waals surface area (Å²) < 4.78 is 4.61. The molecule has 0 aliphatic rings. The van der Waals surface area contributed by atoms with Crippen LogP contribution in [0.5, 0.6) is 0 Å².